The standard InChI is InChI=1S/C13H20N2O2.ClH/c14-11-5-4-9-7-15(8-10(9)11)13(16)12-3-1-2-6-17-12;/h3,9-11H,1-2,4-8,14H2;1H. The molecule has 2 aliphatic heterocycles. The van der Waals surface area contributed by atoms with Crippen molar-refractivity contribution in [3.05, 3.63) is 11.8 Å². The number of amides is 1. The van der Waals surface area contributed by atoms with Crippen LogP contribution < -0.4 is 5.73 Å². The zero-order chi connectivity index (χ0) is 11.8. The van der Waals surface area contributed by atoms with Crippen LogP contribution in [0.2, 0.25) is 0 Å². The van der Waals surface area contributed by atoms with E-state index in [1.807, 2.05) is 11.0 Å². The summed E-state index contributed by atoms with van der Waals surface area (Å²) in [4.78, 5) is 14.2. The Labute approximate surface area is 114 Å². The first kappa shape index (κ1) is 13.7. The van der Waals surface area contributed by atoms with E-state index in [9.17, 15) is 4.79 Å². The average Bonchev–Trinajstić information content (AvgIpc) is 2.92. The molecule has 0 aromatic rings. The summed E-state index contributed by atoms with van der Waals surface area (Å²) in [6.45, 7) is 2.38. The second-order valence-corrected chi connectivity index (χ2v) is 5.43. The summed E-state index contributed by atoms with van der Waals surface area (Å²) < 4.78 is 5.44. The van der Waals surface area contributed by atoms with Crippen molar-refractivity contribution in [1.82, 2.24) is 4.90 Å². The number of hydrogen-bond donors (Lipinski definition) is 1. The molecule has 18 heavy (non-hydrogen) atoms. The number of rotatable bonds is 1. The molecule has 0 aromatic carbocycles. The number of fused-ring (bicyclic) bond motifs is 1. The van der Waals surface area contributed by atoms with Crippen LogP contribution in [0.4, 0.5) is 0 Å². The van der Waals surface area contributed by atoms with Crippen LogP contribution in [-0.4, -0.2) is 36.5 Å². The molecule has 3 atom stereocenters. The van der Waals surface area contributed by atoms with Crippen LogP contribution in [0, 0.1) is 11.8 Å². The molecule has 102 valence electrons. The van der Waals surface area contributed by atoms with Gasteiger partial charge in [-0.2, -0.15) is 0 Å². The van der Waals surface area contributed by atoms with Crippen LogP contribution in [0.5, 0.6) is 0 Å². The molecule has 2 N–H and O–H groups in total. The van der Waals surface area contributed by atoms with Crippen molar-refractivity contribution in [2.45, 2.75) is 31.7 Å². The summed E-state index contributed by atoms with van der Waals surface area (Å²) in [5.41, 5.74) is 6.08. The fourth-order valence-electron chi connectivity index (χ4n) is 3.34. The summed E-state index contributed by atoms with van der Waals surface area (Å²) in [6, 6.07) is 0.291. The van der Waals surface area contributed by atoms with Crippen LogP contribution in [0.1, 0.15) is 25.7 Å². The maximum Gasteiger partial charge on any atom is 0.288 e. The summed E-state index contributed by atoms with van der Waals surface area (Å²) >= 11 is 0. The van der Waals surface area contributed by atoms with Crippen LogP contribution in [0.3, 0.4) is 0 Å². The molecule has 4 nitrogen and oxygen atoms in total. The van der Waals surface area contributed by atoms with Crippen molar-refractivity contribution >= 4 is 18.3 Å². The van der Waals surface area contributed by atoms with E-state index in [0.717, 1.165) is 32.4 Å². The lowest BCUT2D eigenvalue weighted by Crippen LogP contribution is -2.35. The maximum atomic E-state index is 12.2. The molecule has 3 unspecified atom stereocenters. The third kappa shape index (κ3) is 2.36. The Morgan fingerprint density at radius 3 is 2.89 bits per heavy atom. The van der Waals surface area contributed by atoms with Crippen LogP contribution in [0.25, 0.3) is 0 Å². The van der Waals surface area contributed by atoms with Gasteiger partial charge in [-0.1, -0.05) is 0 Å². The van der Waals surface area contributed by atoms with Crippen LogP contribution in [-0.2, 0) is 9.53 Å². The van der Waals surface area contributed by atoms with Gasteiger partial charge in [-0.15, -0.1) is 12.4 Å². The fourth-order valence-corrected chi connectivity index (χ4v) is 3.34. The topological polar surface area (TPSA) is 55.6 Å². The van der Waals surface area contributed by atoms with Gasteiger partial charge in [0, 0.05) is 19.1 Å². The van der Waals surface area contributed by atoms with Gasteiger partial charge in [0.25, 0.3) is 5.91 Å². The Bertz CT molecular complexity index is 359. The van der Waals surface area contributed by atoms with E-state index in [1.165, 1.54) is 6.42 Å². The van der Waals surface area contributed by atoms with Crippen molar-refractivity contribution in [3.63, 3.8) is 0 Å². The highest BCUT2D eigenvalue weighted by atomic mass is 35.5. The van der Waals surface area contributed by atoms with Crippen molar-refractivity contribution in [1.29, 1.82) is 0 Å². The lowest BCUT2D eigenvalue weighted by molar-refractivity contribution is -0.130. The van der Waals surface area contributed by atoms with Crippen LogP contribution in [0.15, 0.2) is 11.8 Å². The number of nitrogens with zero attached hydrogens (tertiary/aromatic N) is 1. The maximum absolute atomic E-state index is 12.2. The van der Waals surface area contributed by atoms with E-state index in [-0.39, 0.29) is 18.3 Å². The largest absolute Gasteiger partial charge is 0.488 e. The van der Waals surface area contributed by atoms with Gasteiger partial charge in [0.1, 0.15) is 0 Å². The van der Waals surface area contributed by atoms with Crippen molar-refractivity contribution < 1.29 is 9.53 Å². The molecule has 2 fully saturated rings. The molecule has 2 heterocycles. The third-order valence-corrected chi connectivity index (χ3v) is 4.35. The second kappa shape index (κ2) is 5.49. The Hall–Kier alpha value is -0.740. The number of hydrogen-bond acceptors (Lipinski definition) is 3. The molecule has 5 heteroatoms. The van der Waals surface area contributed by atoms with Gasteiger partial charge in [-0.3, -0.25) is 4.79 Å². The second-order valence-electron chi connectivity index (χ2n) is 5.43. The summed E-state index contributed by atoms with van der Waals surface area (Å²) in [6.07, 6.45) is 6.21. The molecule has 1 amide bonds. The van der Waals surface area contributed by atoms with E-state index >= 15 is 0 Å². The van der Waals surface area contributed by atoms with Crippen molar-refractivity contribution in [2.75, 3.05) is 19.7 Å². The smallest absolute Gasteiger partial charge is 0.288 e. The molecule has 3 aliphatic rings. The Morgan fingerprint density at radius 2 is 2.22 bits per heavy atom. The van der Waals surface area contributed by atoms with Gasteiger partial charge >= 0.3 is 0 Å². The van der Waals surface area contributed by atoms with Crippen molar-refractivity contribution in [2.24, 2.45) is 17.6 Å². The predicted molar refractivity (Wildman–Crippen MR) is 71.3 cm³/mol. The molecule has 0 bridgehead atoms. The third-order valence-electron chi connectivity index (χ3n) is 4.35. The van der Waals surface area contributed by atoms with E-state index in [1.54, 1.807) is 0 Å². The SMILES string of the molecule is Cl.NC1CCC2CN(C(=O)C3=CCCCO3)CC12. The lowest BCUT2D eigenvalue weighted by atomic mass is 9.98. The van der Waals surface area contributed by atoms with Crippen LogP contribution >= 0.6 is 12.4 Å². The van der Waals surface area contributed by atoms with Gasteiger partial charge in [-0.05, 0) is 43.6 Å². The van der Waals surface area contributed by atoms with Gasteiger partial charge in [0.15, 0.2) is 5.76 Å². The first-order chi connectivity index (χ1) is 8.25. The number of carbonyl (C=O) groups is 1. The minimum Gasteiger partial charge on any atom is -0.488 e. The Balaban J connectivity index is 0.00000120. The number of carbonyl (C=O) groups excluding carboxylic acids is 1. The van der Waals surface area contributed by atoms with E-state index in [4.69, 9.17) is 10.5 Å². The highest BCUT2D eigenvalue weighted by molar-refractivity contribution is 5.91. The Morgan fingerprint density at radius 1 is 1.39 bits per heavy atom. The zero-order valence-electron chi connectivity index (χ0n) is 10.5. The van der Waals surface area contributed by atoms with Gasteiger partial charge in [0.2, 0.25) is 0 Å². The summed E-state index contributed by atoms with van der Waals surface area (Å²) in [5.74, 6) is 1.78. The molecule has 3 rings (SSSR count). The number of allylic oxidation sites excluding steroid dienone is 1. The molecular weight excluding hydrogens is 252 g/mol. The molecule has 1 saturated carbocycles. The minimum absolute atomic E-state index is 0. The number of nitrogens with two attached hydrogens (primary N) is 1. The summed E-state index contributed by atoms with van der Waals surface area (Å²) in [5, 5.41) is 0. The molecule has 1 saturated heterocycles. The lowest BCUT2D eigenvalue weighted by Gasteiger charge is -2.22. The van der Waals surface area contributed by atoms with E-state index < -0.39 is 0 Å². The molecule has 0 spiro atoms. The van der Waals surface area contributed by atoms with Crippen molar-refractivity contribution in [3.8, 4) is 0 Å². The quantitative estimate of drug-likeness (QED) is 0.783. The number of likely N-dealkylation sites (tertiary alicyclic amines) is 1. The Kier molecular flexibility index (Phi) is 4.17. The minimum atomic E-state index is 0. The first-order valence-corrected chi connectivity index (χ1v) is 6.63. The van der Waals surface area contributed by atoms with Gasteiger partial charge < -0.3 is 15.4 Å². The number of halogens is 1. The summed E-state index contributed by atoms with van der Waals surface area (Å²) in [7, 11) is 0. The zero-order valence-corrected chi connectivity index (χ0v) is 11.3. The van der Waals surface area contributed by atoms with E-state index in [2.05, 4.69) is 0 Å². The predicted octanol–water partition coefficient (Wildman–Crippen LogP) is 1.30. The average molecular weight is 273 g/mol. The van der Waals surface area contributed by atoms with Gasteiger partial charge in [-0.25, -0.2) is 0 Å². The molecule has 0 aromatic heterocycles. The molecule has 0 radical (unpaired) electrons. The molecule has 1 aliphatic carbocycles. The fraction of sp³-hybridized carbons (Fsp3) is 0.769. The highest BCUT2D eigenvalue weighted by Crippen LogP contribution is 2.37. The van der Waals surface area contributed by atoms with Gasteiger partial charge in [0.05, 0.1) is 6.61 Å². The van der Waals surface area contributed by atoms with E-state index in [0.29, 0.717) is 30.2 Å². The highest BCUT2D eigenvalue weighted by Gasteiger charge is 2.43. The normalized spacial score (nSPS) is 34.4. The molecular formula is C13H21ClN2O2. The number of ether oxygens (including phenoxy) is 1. The monoisotopic (exact) mass is 272 g/mol. The first-order valence-electron chi connectivity index (χ1n) is 6.63.